The minimum atomic E-state index is -0.0126. The Labute approximate surface area is 166 Å². The van der Waals surface area contributed by atoms with Crippen LogP contribution in [-0.2, 0) is 6.54 Å². The van der Waals surface area contributed by atoms with Crippen molar-refractivity contribution in [3.05, 3.63) is 53.6 Å². The van der Waals surface area contributed by atoms with Crippen LogP contribution in [0, 0.1) is 0 Å². The second-order valence-electron chi connectivity index (χ2n) is 6.25. The van der Waals surface area contributed by atoms with Gasteiger partial charge in [0.05, 0.1) is 13.7 Å². The van der Waals surface area contributed by atoms with Crippen LogP contribution in [0.5, 0.6) is 11.5 Å². The molecule has 28 heavy (non-hydrogen) atoms. The van der Waals surface area contributed by atoms with Crippen LogP contribution in [0.1, 0.15) is 22.8 Å². The summed E-state index contributed by atoms with van der Waals surface area (Å²) in [6.45, 7) is 3.08. The molecular formula is C21H28N4O3. The van der Waals surface area contributed by atoms with Gasteiger partial charge in [-0.25, -0.2) is 0 Å². The first-order chi connectivity index (χ1) is 13.5. The number of carbonyl (C=O) groups is 1. The molecule has 0 aliphatic carbocycles. The van der Waals surface area contributed by atoms with E-state index in [4.69, 9.17) is 9.47 Å². The van der Waals surface area contributed by atoms with Gasteiger partial charge in [0.2, 0.25) is 0 Å². The summed E-state index contributed by atoms with van der Waals surface area (Å²) in [5.74, 6) is 1.97. The summed E-state index contributed by atoms with van der Waals surface area (Å²) in [6.07, 6.45) is 0. The summed E-state index contributed by atoms with van der Waals surface area (Å²) in [5, 5.41) is 6.48. The molecule has 0 spiro atoms. The highest BCUT2D eigenvalue weighted by atomic mass is 16.5. The number of guanidine groups is 1. The Hall–Kier alpha value is -3.22. The molecular weight excluding hydrogens is 356 g/mol. The molecule has 2 rings (SSSR count). The molecule has 1 amide bonds. The zero-order chi connectivity index (χ0) is 20.5. The molecule has 7 nitrogen and oxygen atoms in total. The molecule has 0 aliphatic rings. The summed E-state index contributed by atoms with van der Waals surface area (Å²) in [7, 11) is 6.80. The number of ether oxygens (including phenoxy) is 2. The lowest BCUT2D eigenvalue weighted by atomic mass is 10.1. The average molecular weight is 384 g/mol. The van der Waals surface area contributed by atoms with E-state index in [1.807, 2.05) is 49.4 Å². The van der Waals surface area contributed by atoms with Gasteiger partial charge in [-0.05, 0) is 36.8 Å². The third-order valence-electron chi connectivity index (χ3n) is 4.02. The van der Waals surface area contributed by atoms with Crippen LogP contribution < -0.4 is 20.1 Å². The van der Waals surface area contributed by atoms with Gasteiger partial charge in [0.1, 0.15) is 0 Å². The number of amides is 1. The van der Waals surface area contributed by atoms with E-state index in [2.05, 4.69) is 15.6 Å². The van der Waals surface area contributed by atoms with E-state index in [1.54, 1.807) is 33.2 Å². The number of aliphatic imine (C=N–C) groups is 1. The molecule has 0 radical (unpaired) electrons. The standard InChI is InChI=1S/C21H28N4O3/c1-6-28-18-12-11-17(13-19(18)27-5)24-21(22-2)23-14-15-7-9-16(10-8-15)20(26)25(3)4/h7-13H,6,14H2,1-5H3,(H2,22,23,24). The third-order valence-corrected chi connectivity index (χ3v) is 4.02. The monoisotopic (exact) mass is 384 g/mol. The summed E-state index contributed by atoms with van der Waals surface area (Å²) in [5.41, 5.74) is 2.54. The van der Waals surface area contributed by atoms with Gasteiger partial charge >= 0.3 is 0 Å². The van der Waals surface area contributed by atoms with E-state index in [1.165, 1.54) is 0 Å². The maximum atomic E-state index is 12.0. The van der Waals surface area contributed by atoms with Crippen molar-refractivity contribution < 1.29 is 14.3 Å². The van der Waals surface area contributed by atoms with Gasteiger partial charge in [-0.2, -0.15) is 0 Å². The minimum absolute atomic E-state index is 0.0126. The van der Waals surface area contributed by atoms with E-state index in [0.29, 0.717) is 36.2 Å². The second-order valence-corrected chi connectivity index (χ2v) is 6.25. The normalized spacial score (nSPS) is 11.0. The topological polar surface area (TPSA) is 75.2 Å². The number of nitrogens with one attached hydrogen (secondary N) is 2. The van der Waals surface area contributed by atoms with Crippen LogP contribution in [0.15, 0.2) is 47.5 Å². The molecule has 0 aromatic heterocycles. The highest BCUT2D eigenvalue weighted by Gasteiger charge is 2.09. The first-order valence-electron chi connectivity index (χ1n) is 9.07. The Morgan fingerprint density at radius 3 is 2.39 bits per heavy atom. The van der Waals surface area contributed by atoms with E-state index >= 15 is 0 Å². The van der Waals surface area contributed by atoms with Gasteiger partial charge in [0.25, 0.3) is 5.91 Å². The van der Waals surface area contributed by atoms with Gasteiger partial charge in [0.15, 0.2) is 17.5 Å². The lowest BCUT2D eigenvalue weighted by Crippen LogP contribution is -2.30. The maximum absolute atomic E-state index is 12.0. The van der Waals surface area contributed by atoms with Crippen molar-refractivity contribution in [1.29, 1.82) is 0 Å². The largest absolute Gasteiger partial charge is 0.493 e. The lowest BCUT2D eigenvalue weighted by Gasteiger charge is -2.15. The van der Waals surface area contributed by atoms with Crippen LogP contribution in [0.2, 0.25) is 0 Å². The van der Waals surface area contributed by atoms with Crippen molar-refractivity contribution in [3.8, 4) is 11.5 Å². The van der Waals surface area contributed by atoms with Crippen molar-refractivity contribution >= 4 is 17.6 Å². The third kappa shape index (κ3) is 5.64. The Morgan fingerprint density at radius 2 is 1.82 bits per heavy atom. The molecule has 7 heteroatoms. The van der Waals surface area contributed by atoms with E-state index in [-0.39, 0.29) is 5.91 Å². The summed E-state index contributed by atoms with van der Waals surface area (Å²) in [4.78, 5) is 17.8. The number of rotatable bonds is 7. The number of hydrogen-bond acceptors (Lipinski definition) is 4. The molecule has 2 N–H and O–H groups in total. The van der Waals surface area contributed by atoms with Crippen LogP contribution in [-0.4, -0.2) is 51.6 Å². The molecule has 0 saturated carbocycles. The fourth-order valence-electron chi connectivity index (χ4n) is 2.55. The number of methoxy groups -OCH3 is 1. The molecule has 0 saturated heterocycles. The van der Waals surface area contributed by atoms with E-state index in [9.17, 15) is 4.79 Å². The van der Waals surface area contributed by atoms with Crippen LogP contribution >= 0.6 is 0 Å². The maximum Gasteiger partial charge on any atom is 0.253 e. The first-order valence-corrected chi connectivity index (χ1v) is 9.07. The highest BCUT2D eigenvalue weighted by Crippen LogP contribution is 2.30. The molecule has 0 fully saturated rings. The van der Waals surface area contributed by atoms with E-state index in [0.717, 1.165) is 11.3 Å². The Balaban J connectivity index is 1.99. The fraction of sp³-hybridized carbons (Fsp3) is 0.333. The number of anilines is 1. The van der Waals surface area contributed by atoms with E-state index < -0.39 is 0 Å². The van der Waals surface area contributed by atoms with Crippen molar-refractivity contribution in [2.75, 3.05) is 40.2 Å². The van der Waals surface area contributed by atoms with Gasteiger partial charge in [-0.1, -0.05) is 12.1 Å². The van der Waals surface area contributed by atoms with Crippen LogP contribution in [0.3, 0.4) is 0 Å². The van der Waals surface area contributed by atoms with Gasteiger partial charge < -0.3 is 25.0 Å². The molecule has 0 atom stereocenters. The summed E-state index contributed by atoms with van der Waals surface area (Å²) in [6, 6.07) is 13.1. The molecule has 2 aromatic carbocycles. The second kappa shape index (κ2) is 10.2. The predicted octanol–water partition coefficient (Wildman–Crippen LogP) is 2.98. The number of nitrogens with zero attached hydrogens (tertiary/aromatic N) is 2. The Kier molecular flexibility index (Phi) is 7.68. The molecule has 150 valence electrons. The van der Waals surface area contributed by atoms with Gasteiger partial charge in [-0.3, -0.25) is 9.79 Å². The van der Waals surface area contributed by atoms with Crippen LogP contribution in [0.4, 0.5) is 5.69 Å². The summed E-state index contributed by atoms with van der Waals surface area (Å²) >= 11 is 0. The van der Waals surface area contributed by atoms with Crippen molar-refractivity contribution in [1.82, 2.24) is 10.2 Å². The Morgan fingerprint density at radius 1 is 1.11 bits per heavy atom. The number of carbonyl (C=O) groups excluding carboxylic acids is 1. The van der Waals surface area contributed by atoms with Gasteiger partial charge in [0, 0.05) is 45.0 Å². The zero-order valence-corrected chi connectivity index (χ0v) is 17.1. The first kappa shape index (κ1) is 21.1. The number of hydrogen-bond donors (Lipinski definition) is 2. The minimum Gasteiger partial charge on any atom is -0.493 e. The van der Waals surface area contributed by atoms with Crippen LogP contribution in [0.25, 0.3) is 0 Å². The van der Waals surface area contributed by atoms with Crippen molar-refractivity contribution in [3.63, 3.8) is 0 Å². The smallest absolute Gasteiger partial charge is 0.253 e. The SMILES string of the molecule is CCOc1ccc(NC(=NC)NCc2ccc(C(=O)N(C)C)cc2)cc1OC. The van der Waals surface area contributed by atoms with Gasteiger partial charge in [-0.15, -0.1) is 0 Å². The lowest BCUT2D eigenvalue weighted by molar-refractivity contribution is 0.0827. The van der Waals surface area contributed by atoms with Crippen molar-refractivity contribution in [2.24, 2.45) is 4.99 Å². The highest BCUT2D eigenvalue weighted by molar-refractivity contribution is 5.94. The molecule has 2 aromatic rings. The number of benzene rings is 2. The summed E-state index contributed by atoms with van der Waals surface area (Å²) < 4.78 is 10.9. The fourth-order valence-corrected chi connectivity index (χ4v) is 2.55. The molecule has 0 aliphatic heterocycles. The average Bonchev–Trinajstić information content (AvgIpc) is 2.71. The predicted molar refractivity (Wildman–Crippen MR) is 112 cm³/mol. The molecule has 0 heterocycles. The van der Waals surface area contributed by atoms with Crippen molar-refractivity contribution in [2.45, 2.75) is 13.5 Å². The molecule has 0 bridgehead atoms. The molecule has 0 unspecified atom stereocenters. The Bertz CT molecular complexity index is 817. The quantitative estimate of drug-likeness (QED) is 0.567. The zero-order valence-electron chi connectivity index (χ0n) is 17.1.